The number of hydrogen-bond donors (Lipinski definition) is 1. The molecule has 2 aliphatic rings. The Hall–Kier alpha value is -2.49. The van der Waals surface area contributed by atoms with E-state index in [-0.39, 0.29) is 12.5 Å². The number of fused-ring (bicyclic) bond motifs is 1. The van der Waals surface area contributed by atoms with Crippen molar-refractivity contribution < 1.29 is 9.53 Å². The van der Waals surface area contributed by atoms with Crippen molar-refractivity contribution in [2.45, 2.75) is 52.0 Å². The number of aryl methyl sites for hydroxylation is 1. The van der Waals surface area contributed by atoms with E-state index in [4.69, 9.17) is 4.74 Å². The molecule has 29 heavy (non-hydrogen) atoms. The molecule has 1 N–H and O–H groups in total. The molecule has 154 valence electrons. The Kier molecular flexibility index (Phi) is 6.38. The van der Waals surface area contributed by atoms with Gasteiger partial charge in [-0.3, -0.25) is 4.79 Å². The molecular formula is C25H32N2O2. The Bertz CT molecular complexity index is 831. The second-order valence-electron chi connectivity index (χ2n) is 8.53. The highest BCUT2D eigenvalue weighted by Gasteiger charge is 2.17. The van der Waals surface area contributed by atoms with Gasteiger partial charge in [-0.25, -0.2) is 0 Å². The lowest BCUT2D eigenvalue weighted by Crippen LogP contribution is -2.34. The highest BCUT2D eigenvalue weighted by atomic mass is 16.5. The number of hydrogen-bond acceptors (Lipinski definition) is 3. The Morgan fingerprint density at radius 3 is 2.76 bits per heavy atom. The second-order valence-corrected chi connectivity index (χ2v) is 8.53. The third-order valence-electron chi connectivity index (χ3n) is 6.16. The van der Waals surface area contributed by atoms with Crippen LogP contribution in [0, 0.1) is 5.92 Å². The minimum Gasteiger partial charge on any atom is -0.483 e. The molecule has 2 aromatic rings. The number of amides is 1. The molecule has 1 amide bonds. The lowest BCUT2D eigenvalue weighted by molar-refractivity contribution is -0.123. The highest BCUT2D eigenvalue weighted by Crippen LogP contribution is 2.29. The number of nitrogens with zero attached hydrogens (tertiary/aromatic N) is 1. The van der Waals surface area contributed by atoms with Crippen LogP contribution in [0.5, 0.6) is 5.75 Å². The number of anilines is 1. The Balaban J connectivity index is 1.26. The van der Waals surface area contributed by atoms with E-state index < -0.39 is 0 Å². The number of ether oxygens (including phenoxy) is 1. The van der Waals surface area contributed by atoms with Crippen LogP contribution in [0.1, 0.15) is 49.3 Å². The maximum absolute atomic E-state index is 12.3. The zero-order valence-corrected chi connectivity index (χ0v) is 17.5. The molecule has 0 radical (unpaired) electrons. The molecule has 1 fully saturated rings. The van der Waals surface area contributed by atoms with Crippen molar-refractivity contribution in [3.63, 3.8) is 0 Å². The zero-order valence-electron chi connectivity index (χ0n) is 17.5. The van der Waals surface area contributed by atoms with Crippen LogP contribution in [0.4, 0.5) is 5.69 Å². The van der Waals surface area contributed by atoms with Crippen LogP contribution in [0.15, 0.2) is 42.5 Å². The summed E-state index contributed by atoms with van der Waals surface area (Å²) in [7, 11) is 0. The molecule has 4 nitrogen and oxygen atoms in total. The van der Waals surface area contributed by atoms with Crippen LogP contribution >= 0.6 is 0 Å². The summed E-state index contributed by atoms with van der Waals surface area (Å²) in [6, 6.07) is 14.8. The van der Waals surface area contributed by atoms with Crippen molar-refractivity contribution in [3.05, 3.63) is 59.2 Å². The lowest BCUT2D eigenvalue weighted by Gasteiger charge is -2.32. The Morgan fingerprint density at radius 1 is 1.10 bits per heavy atom. The molecule has 0 saturated carbocycles. The molecule has 0 unspecified atom stereocenters. The number of piperidine rings is 1. The summed E-state index contributed by atoms with van der Waals surface area (Å²) in [4.78, 5) is 14.7. The molecule has 1 saturated heterocycles. The third-order valence-corrected chi connectivity index (χ3v) is 6.16. The normalized spacial score (nSPS) is 18.8. The number of nitrogens with one attached hydrogen (secondary N) is 1. The van der Waals surface area contributed by atoms with Crippen molar-refractivity contribution >= 4 is 11.6 Å². The predicted octanol–water partition coefficient (Wildman–Crippen LogP) is 4.50. The maximum atomic E-state index is 12.3. The largest absolute Gasteiger partial charge is 0.483 e. The maximum Gasteiger partial charge on any atom is 0.258 e. The van der Waals surface area contributed by atoms with Crippen LogP contribution in [0.25, 0.3) is 0 Å². The topological polar surface area (TPSA) is 41.6 Å². The molecule has 2 aromatic carbocycles. The standard InChI is InChI=1S/C25H32N2O2/c1-19-6-5-15-27(17-19)22-13-11-20(12-14-22)16-26-25(28)18-29-24-10-4-8-21-7-2-3-9-23(21)24/h4,8,10-14,19H,2-3,5-7,9,15-18H2,1H3,(H,26,28)/t19-/m1/s1. The quantitative estimate of drug-likeness (QED) is 0.787. The molecule has 0 aromatic heterocycles. The number of carbonyl (C=O) groups excluding carboxylic acids is 1. The van der Waals surface area contributed by atoms with Gasteiger partial charge in [-0.15, -0.1) is 0 Å². The van der Waals surface area contributed by atoms with Gasteiger partial charge in [0.1, 0.15) is 5.75 Å². The van der Waals surface area contributed by atoms with Crippen LogP contribution in [0.3, 0.4) is 0 Å². The smallest absolute Gasteiger partial charge is 0.258 e. The monoisotopic (exact) mass is 392 g/mol. The summed E-state index contributed by atoms with van der Waals surface area (Å²) < 4.78 is 5.84. The van der Waals surface area contributed by atoms with Gasteiger partial charge in [0.25, 0.3) is 5.91 Å². The van der Waals surface area contributed by atoms with E-state index in [1.165, 1.54) is 42.5 Å². The zero-order chi connectivity index (χ0) is 20.1. The van der Waals surface area contributed by atoms with Crippen LogP contribution in [-0.2, 0) is 24.2 Å². The molecule has 0 bridgehead atoms. The first kappa shape index (κ1) is 19.8. The van der Waals surface area contributed by atoms with Crippen molar-refractivity contribution in [3.8, 4) is 5.75 Å². The van der Waals surface area contributed by atoms with Gasteiger partial charge in [-0.05, 0) is 79.3 Å². The van der Waals surface area contributed by atoms with Crippen molar-refractivity contribution in [1.82, 2.24) is 5.32 Å². The van der Waals surface area contributed by atoms with Crippen LogP contribution in [-0.4, -0.2) is 25.6 Å². The number of rotatable bonds is 6. The van der Waals surface area contributed by atoms with E-state index in [1.54, 1.807) is 0 Å². The first-order chi connectivity index (χ1) is 14.2. The van der Waals surface area contributed by atoms with Gasteiger partial charge >= 0.3 is 0 Å². The first-order valence-electron chi connectivity index (χ1n) is 11.0. The minimum atomic E-state index is -0.0765. The van der Waals surface area contributed by atoms with Crippen LogP contribution in [0.2, 0.25) is 0 Å². The van der Waals surface area contributed by atoms with E-state index in [2.05, 4.69) is 47.5 Å². The molecule has 0 spiro atoms. The molecule has 1 atom stereocenters. The summed E-state index contributed by atoms with van der Waals surface area (Å²) in [6.45, 7) is 5.20. The van der Waals surface area contributed by atoms with E-state index in [1.807, 2.05) is 12.1 Å². The molecule has 1 aliphatic carbocycles. The fraction of sp³-hybridized carbons (Fsp3) is 0.480. The summed E-state index contributed by atoms with van der Waals surface area (Å²) in [5, 5.41) is 2.98. The van der Waals surface area contributed by atoms with Crippen molar-refractivity contribution in [1.29, 1.82) is 0 Å². The van der Waals surface area contributed by atoms with E-state index >= 15 is 0 Å². The van der Waals surface area contributed by atoms with Gasteiger partial charge in [0, 0.05) is 25.3 Å². The SMILES string of the molecule is C[C@@H]1CCCN(c2ccc(CNC(=O)COc3cccc4c3CCCC4)cc2)C1. The summed E-state index contributed by atoms with van der Waals surface area (Å²) in [6.07, 6.45) is 7.21. The molecule has 4 rings (SSSR count). The average Bonchev–Trinajstić information content (AvgIpc) is 2.76. The fourth-order valence-corrected chi connectivity index (χ4v) is 4.53. The first-order valence-corrected chi connectivity index (χ1v) is 11.0. The number of benzene rings is 2. The summed E-state index contributed by atoms with van der Waals surface area (Å²) in [5.74, 6) is 1.56. The lowest BCUT2D eigenvalue weighted by atomic mass is 9.91. The van der Waals surface area contributed by atoms with Gasteiger partial charge < -0.3 is 15.0 Å². The van der Waals surface area contributed by atoms with Crippen molar-refractivity contribution in [2.24, 2.45) is 5.92 Å². The number of carbonyl (C=O) groups is 1. The van der Waals surface area contributed by atoms with E-state index in [0.29, 0.717) is 6.54 Å². The molecular weight excluding hydrogens is 360 g/mol. The Labute approximate surface area is 174 Å². The minimum absolute atomic E-state index is 0.0696. The Morgan fingerprint density at radius 2 is 1.93 bits per heavy atom. The van der Waals surface area contributed by atoms with Gasteiger partial charge in [0.15, 0.2) is 6.61 Å². The molecule has 1 heterocycles. The van der Waals surface area contributed by atoms with E-state index in [0.717, 1.165) is 43.2 Å². The average molecular weight is 393 g/mol. The van der Waals surface area contributed by atoms with Gasteiger partial charge in [-0.2, -0.15) is 0 Å². The second kappa shape index (κ2) is 9.34. The molecule has 4 heteroatoms. The van der Waals surface area contributed by atoms with Gasteiger partial charge in [0.2, 0.25) is 0 Å². The van der Waals surface area contributed by atoms with E-state index in [9.17, 15) is 4.79 Å². The van der Waals surface area contributed by atoms with Gasteiger partial charge in [-0.1, -0.05) is 31.2 Å². The van der Waals surface area contributed by atoms with Crippen molar-refractivity contribution in [2.75, 3.05) is 24.6 Å². The third kappa shape index (κ3) is 5.11. The predicted molar refractivity (Wildman–Crippen MR) is 117 cm³/mol. The summed E-state index contributed by atoms with van der Waals surface area (Å²) >= 11 is 0. The van der Waals surface area contributed by atoms with Gasteiger partial charge in [0.05, 0.1) is 0 Å². The van der Waals surface area contributed by atoms with Crippen LogP contribution < -0.4 is 15.0 Å². The molecule has 1 aliphatic heterocycles. The fourth-order valence-electron chi connectivity index (χ4n) is 4.53. The summed E-state index contributed by atoms with van der Waals surface area (Å²) in [5.41, 5.74) is 5.06. The highest BCUT2D eigenvalue weighted by molar-refractivity contribution is 5.77.